The fourth-order valence-electron chi connectivity index (χ4n) is 3.85. The molecule has 1 aliphatic heterocycles. The van der Waals surface area contributed by atoms with Gasteiger partial charge in [-0.2, -0.15) is 0 Å². The molecule has 0 radical (unpaired) electrons. The monoisotopic (exact) mass is 534 g/mol. The number of esters is 1. The van der Waals surface area contributed by atoms with Crippen LogP contribution in [0.15, 0.2) is 54.6 Å². The van der Waals surface area contributed by atoms with E-state index in [9.17, 15) is 4.79 Å². The van der Waals surface area contributed by atoms with Crippen molar-refractivity contribution in [3.8, 4) is 0 Å². The number of anilines is 2. The molecule has 0 fully saturated rings. The van der Waals surface area contributed by atoms with Crippen molar-refractivity contribution < 1.29 is 9.53 Å². The van der Waals surface area contributed by atoms with E-state index in [1.165, 1.54) is 0 Å². The summed E-state index contributed by atoms with van der Waals surface area (Å²) in [6.07, 6.45) is 1.09. The van der Waals surface area contributed by atoms with Crippen LogP contribution in [-0.4, -0.2) is 34.2 Å². The number of cyclic esters (lactones) is 1. The SMILES string of the molecule is CN(C)c1ccc(C(=CC2OC(=O)c3c(Cl)c(Cl)c(Cl)c(Cl)c32)c2ccc(N(C)C)cc2)cc1. The lowest BCUT2D eigenvalue weighted by molar-refractivity contribution is 0.0468. The Morgan fingerprint density at radius 2 is 1.18 bits per heavy atom. The number of carbonyl (C=O) groups is 1. The van der Waals surface area contributed by atoms with Crippen LogP contribution < -0.4 is 9.80 Å². The maximum atomic E-state index is 12.7. The molecule has 4 nitrogen and oxygen atoms in total. The summed E-state index contributed by atoms with van der Waals surface area (Å²) in [4.78, 5) is 16.8. The topological polar surface area (TPSA) is 32.8 Å². The maximum Gasteiger partial charge on any atom is 0.341 e. The minimum atomic E-state index is -0.778. The molecule has 176 valence electrons. The number of hydrogen-bond donors (Lipinski definition) is 0. The van der Waals surface area contributed by atoms with E-state index in [2.05, 4.69) is 0 Å². The second kappa shape index (κ2) is 9.71. The van der Waals surface area contributed by atoms with Gasteiger partial charge < -0.3 is 14.5 Å². The van der Waals surface area contributed by atoms with E-state index in [0.717, 1.165) is 28.1 Å². The van der Waals surface area contributed by atoms with Crippen LogP contribution in [0.4, 0.5) is 11.4 Å². The molecule has 3 aromatic carbocycles. The minimum absolute atomic E-state index is 0.0347. The molecule has 0 N–H and O–H groups in total. The van der Waals surface area contributed by atoms with E-state index in [1.807, 2.05) is 92.6 Å². The number of fused-ring (bicyclic) bond motifs is 1. The van der Waals surface area contributed by atoms with E-state index in [4.69, 9.17) is 51.1 Å². The lowest BCUT2D eigenvalue weighted by atomic mass is 9.94. The van der Waals surface area contributed by atoms with Crippen molar-refractivity contribution in [1.29, 1.82) is 0 Å². The molecule has 1 aliphatic rings. The number of nitrogens with zero attached hydrogens (tertiary/aromatic N) is 2. The molecule has 0 aromatic heterocycles. The van der Waals surface area contributed by atoms with Gasteiger partial charge >= 0.3 is 5.97 Å². The van der Waals surface area contributed by atoms with Crippen LogP contribution >= 0.6 is 46.4 Å². The van der Waals surface area contributed by atoms with E-state index in [1.54, 1.807) is 0 Å². The van der Waals surface area contributed by atoms with E-state index < -0.39 is 12.1 Å². The van der Waals surface area contributed by atoms with Crippen LogP contribution in [0.2, 0.25) is 20.1 Å². The van der Waals surface area contributed by atoms with Gasteiger partial charge in [0.05, 0.1) is 25.7 Å². The Bertz CT molecular complexity index is 1230. The lowest BCUT2D eigenvalue weighted by Crippen LogP contribution is -2.08. The Labute approximate surface area is 219 Å². The highest BCUT2D eigenvalue weighted by Crippen LogP contribution is 2.49. The van der Waals surface area contributed by atoms with Crippen molar-refractivity contribution in [2.75, 3.05) is 38.0 Å². The first-order valence-electron chi connectivity index (χ1n) is 10.4. The largest absolute Gasteiger partial charge is 0.449 e. The van der Waals surface area contributed by atoms with Crippen LogP contribution in [0.1, 0.15) is 33.2 Å². The van der Waals surface area contributed by atoms with Crippen LogP contribution in [0.3, 0.4) is 0 Å². The summed E-state index contributed by atoms with van der Waals surface area (Å²) in [5.41, 5.74) is 5.48. The fraction of sp³-hybridized carbons (Fsp3) is 0.192. The lowest BCUT2D eigenvalue weighted by Gasteiger charge is -2.17. The van der Waals surface area contributed by atoms with Crippen LogP contribution in [0, 0.1) is 0 Å². The van der Waals surface area contributed by atoms with Crippen molar-refractivity contribution >= 4 is 69.3 Å². The molecule has 0 saturated carbocycles. The Morgan fingerprint density at radius 3 is 1.62 bits per heavy atom. The summed E-state index contributed by atoms with van der Waals surface area (Å²) < 4.78 is 5.68. The van der Waals surface area contributed by atoms with Gasteiger partial charge in [0, 0.05) is 45.1 Å². The molecule has 0 amide bonds. The molecule has 0 bridgehead atoms. The third-order valence-corrected chi connectivity index (χ3v) is 7.55. The summed E-state index contributed by atoms with van der Waals surface area (Å²) >= 11 is 25.3. The van der Waals surface area contributed by atoms with Crippen LogP contribution in [0.5, 0.6) is 0 Å². The van der Waals surface area contributed by atoms with Gasteiger partial charge in [0.15, 0.2) is 0 Å². The molecular weight excluding hydrogens is 514 g/mol. The maximum absolute atomic E-state index is 12.7. The van der Waals surface area contributed by atoms with Gasteiger partial charge in [-0.3, -0.25) is 0 Å². The van der Waals surface area contributed by atoms with Gasteiger partial charge in [-0.1, -0.05) is 70.7 Å². The molecular formula is C26H22Cl4N2O2. The van der Waals surface area contributed by atoms with E-state index in [-0.39, 0.29) is 25.7 Å². The van der Waals surface area contributed by atoms with Gasteiger partial charge in [0.2, 0.25) is 0 Å². The summed E-state index contributed by atoms with van der Waals surface area (Å²) in [5, 5.41) is 0.325. The first-order valence-corrected chi connectivity index (χ1v) is 12.0. The summed E-state index contributed by atoms with van der Waals surface area (Å²) in [6.45, 7) is 0. The second-order valence-electron chi connectivity index (χ2n) is 8.33. The zero-order valence-electron chi connectivity index (χ0n) is 19.0. The van der Waals surface area contributed by atoms with Crippen molar-refractivity contribution in [1.82, 2.24) is 0 Å². The molecule has 0 saturated heterocycles. The predicted molar refractivity (Wildman–Crippen MR) is 143 cm³/mol. The number of carbonyl (C=O) groups excluding carboxylic acids is 1. The molecule has 1 heterocycles. The first kappa shape index (κ1) is 24.7. The Morgan fingerprint density at radius 1 is 0.735 bits per heavy atom. The van der Waals surface area contributed by atoms with Crippen LogP contribution in [-0.2, 0) is 4.74 Å². The summed E-state index contributed by atoms with van der Waals surface area (Å²) in [5.74, 6) is -0.591. The molecule has 1 atom stereocenters. The number of ether oxygens (including phenoxy) is 1. The van der Waals surface area contributed by atoms with Crippen molar-refractivity contribution in [2.45, 2.75) is 6.10 Å². The quantitative estimate of drug-likeness (QED) is 0.190. The summed E-state index contributed by atoms with van der Waals surface area (Å²) in [6, 6.07) is 16.3. The highest BCUT2D eigenvalue weighted by atomic mass is 35.5. The van der Waals surface area contributed by atoms with Crippen molar-refractivity contribution in [3.63, 3.8) is 0 Å². The fourth-order valence-corrected chi connectivity index (χ4v) is 4.91. The van der Waals surface area contributed by atoms with E-state index in [0.29, 0.717) is 5.56 Å². The molecule has 4 rings (SSSR count). The van der Waals surface area contributed by atoms with Crippen molar-refractivity contribution in [2.24, 2.45) is 0 Å². The highest BCUT2D eigenvalue weighted by Gasteiger charge is 2.37. The average Bonchev–Trinajstić information content (AvgIpc) is 3.15. The van der Waals surface area contributed by atoms with Gasteiger partial charge in [-0.25, -0.2) is 4.79 Å². The van der Waals surface area contributed by atoms with Gasteiger partial charge in [0.25, 0.3) is 0 Å². The number of halogens is 4. The number of hydrogen-bond acceptors (Lipinski definition) is 4. The second-order valence-corrected chi connectivity index (χ2v) is 9.85. The molecule has 8 heteroatoms. The third-order valence-electron chi connectivity index (χ3n) is 5.73. The Balaban J connectivity index is 1.88. The highest BCUT2D eigenvalue weighted by molar-refractivity contribution is 6.53. The Hall–Kier alpha value is -2.37. The standard InChI is InChI=1S/C26H22Cl4N2O2/c1-31(2)16-9-5-14(6-10-16)18(15-7-11-17(12-8-15)32(3)4)13-19-20-21(26(33)34-19)23(28)25(30)24(29)22(20)27/h5-13,19H,1-4H3. The van der Waals surface area contributed by atoms with Gasteiger partial charge in [-0.05, 0) is 47.0 Å². The smallest absolute Gasteiger partial charge is 0.341 e. The third kappa shape index (κ3) is 4.48. The van der Waals surface area contributed by atoms with Gasteiger partial charge in [0.1, 0.15) is 6.10 Å². The average molecular weight is 536 g/mol. The zero-order chi connectivity index (χ0) is 24.7. The Kier molecular flexibility index (Phi) is 7.07. The summed E-state index contributed by atoms with van der Waals surface area (Å²) in [7, 11) is 7.95. The normalized spacial score (nSPS) is 14.5. The van der Waals surface area contributed by atoms with E-state index >= 15 is 0 Å². The van der Waals surface area contributed by atoms with Gasteiger partial charge in [-0.15, -0.1) is 0 Å². The molecule has 0 spiro atoms. The van der Waals surface area contributed by atoms with Crippen molar-refractivity contribution in [3.05, 3.63) is 97.0 Å². The first-order chi connectivity index (χ1) is 16.1. The number of rotatable bonds is 5. The molecule has 0 aliphatic carbocycles. The molecule has 3 aromatic rings. The minimum Gasteiger partial charge on any atom is -0.449 e. The zero-order valence-corrected chi connectivity index (χ0v) is 22.0. The van der Waals surface area contributed by atoms with Crippen LogP contribution in [0.25, 0.3) is 5.57 Å². The molecule has 34 heavy (non-hydrogen) atoms. The predicted octanol–water partition coefficient (Wildman–Crippen LogP) is 7.78. The number of benzene rings is 3. The molecule has 1 unspecified atom stereocenters.